The fourth-order valence-corrected chi connectivity index (χ4v) is 3.35. The summed E-state index contributed by atoms with van der Waals surface area (Å²) in [5.41, 5.74) is 1.91. The van der Waals surface area contributed by atoms with E-state index in [-0.39, 0.29) is 11.8 Å². The maximum Gasteiger partial charge on any atom is 0.240 e. The van der Waals surface area contributed by atoms with Crippen LogP contribution < -0.4 is 15.4 Å². The van der Waals surface area contributed by atoms with Gasteiger partial charge in [-0.15, -0.1) is 0 Å². The molecule has 3 rings (SSSR count). The van der Waals surface area contributed by atoms with Crippen molar-refractivity contribution >= 4 is 34.8 Å². The van der Waals surface area contributed by atoms with E-state index in [0.717, 1.165) is 11.1 Å². The Morgan fingerprint density at radius 1 is 1.08 bits per heavy atom. The summed E-state index contributed by atoms with van der Waals surface area (Å²) in [6, 6.07) is 10.8. The van der Waals surface area contributed by atoms with E-state index in [1.807, 2.05) is 26.0 Å². The minimum atomic E-state index is -1.07. The molecular weight excluding hydrogens is 352 g/mol. The van der Waals surface area contributed by atoms with Gasteiger partial charge in [-0.05, 0) is 56.0 Å². The molecule has 1 saturated carbocycles. The molecule has 0 bridgehead atoms. The minimum Gasteiger partial charge on any atom is -0.495 e. The molecule has 0 spiro atoms. The highest BCUT2D eigenvalue weighted by molar-refractivity contribution is 6.34. The lowest BCUT2D eigenvalue weighted by Gasteiger charge is -2.18. The maximum atomic E-state index is 12.8. The zero-order chi connectivity index (χ0) is 18.9. The topological polar surface area (TPSA) is 67.4 Å². The molecule has 2 aromatic carbocycles. The molecule has 1 aliphatic rings. The molecule has 0 unspecified atom stereocenters. The lowest BCUT2D eigenvalue weighted by atomic mass is 10.0. The van der Waals surface area contributed by atoms with E-state index in [2.05, 4.69) is 10.6 Å². The summed E-state index contributed by atoms with van der Waals surface area (Å²) in [5, 5.41) is 6.12. The van der Waals surface area contributed by atoms with Gasteiger partial charge in [0, 0.05) is 0 Å². The maximum absolute atomic E-state index is 12.8. The van der Waals surface area contributed by atoms with Gasteiger partial charge in [-0.2, -0.15) is 0 Å². The molecule has 1 aliphatic carbocycles. The van der Waals surface area contributed by atoms with Crippen LogP contribution in [0.25, 0.3) is 0 Å². The average Bonchev–Trinajstić information content (AvgIpc) is 3.40. The summed E-state index contributed by atoms with van der Waals surface area (Å²) in [4.78, 5) is 25.6. The molecule has 0 saturated heterocycles. The molecule has 26 heavy (non-hydrogen) atoms. The number of nitrogens with one attached hydrogen (secondary N) is 2. The predicted octanol–water partition coefficient (Wildman–Crippen LogP) is 4.32. The van der Waals surface area contributed by atoms with Gasteiger partial charge in [-0.3, -0.25) is 9.59 Å². The van der Waals surface area contributed by atoms with Crippen molar-refractivity contribution in [2.75, 3.05) is 17.7 Å². The van der Waals surface area contributed by atoms with Crippen LogP contribution in [0.5, 0.6) is 5.75 Å². The van der Waals surface area contributed by atoms with Crippen molar-refractivity contribution in [3.05, 3.63) is 52.5 Å². The van der Waals surface area contributed by atoms with Crippen molar-refractivity contribution in [2.24, 2.45) is 5.41 Å². The lowest BCUT2D eigenvalue weighted by molar-refractivity contribution is -0.131. The second kappa shape index (κ2) is 7.00. The Morgan fingerprint density at radius 3 is 2.35 bits per heavy atom. The van der Waals surface area contributed by atoms with E-state index in [4.69, 9.17) is 16.3 Å². The zero-order valence-corrected chi connectivity index (χ0v) is 15.7. The summed E-state index contributed by atoms with van der Waals surface area (Å²) in [6.45, 7) is 3.82. The van der Waals surface area contributed by atoms with E-state index in [1.165, 1.54) is 7.11 Å². The van der Waals surface area contributed by atoms with Crippen LogP contribution in [0.4, 0.5) is 11.4 Å². The SMILES string of the molecule is COc1ccccc1NC(=O)C1(C(=O)Nc2c(C)cc(C)cc2Cl)CC1. The fraction of sp³-hybridized carbons (Fsp3) is 0.300. The number of halogens is 1. The highest BCUT2D eigenvalue weighted by Gasteiger charge is 2.56. The number of hydrogen-bond acceptors (Lipinski definition) is 3. The Bertz CT molecular complexity index is 852. The first-order valence-corrected chi connectivity index (χ1v) is 8.78. The van der Waals surface area contributed by atoms with Crippen LogP contribution in [-0.2, 0) is 9.59 Å². The Hall–Kier alpha value is -2.53. The molecule has 0 aromatic heterocycles. The fourth-order valence-electron chi connectivity index (χ4n) is 2.98. The van der Waals surface area contributed by atoms with Crippen molar-refractivity contribution in [1.82, 2.24) is 0 Å². The van der Waals surface area contributed by atoms with Crippen LogP contribution in [0, 0.1) is 19.3 Å². The van der Waals surface area contributed by atoms with E-state index in [1.54, 1.807) is 24.3 Å². The predicted molar refractivity (Wildman–Crippen MR) is 103 cm³/mol. The summed E-state index contributed by atoms with van der Waals surface area (Å²) in [7, 11) is 1.53. The molecule has 2 N–H and O–H groups in total. The Morgan fingerprint density at radius 2 is 1.73 bits per heavy atom. The smallest absolute Gasteiger partial charge is 0.240 e. The third-order valence-electron chi connectivity index (χ3n) is 4.64. The van der Waals surface area contributed by atoms with Crippen molar-refractivity contribution in [2.45, 2.75) is 26.7 Å². The number of carbonyl (C=O) groups is 2. The highest BCUT2D eigenvalue weighted by Crippen LogP contribution is 2.48. The van der Waals surface area contributed by atoms with Crippen molar-refractivity contribution in [1.29, 1.82) is 0 Å². The van der Waals surface area contributed by atoms with Crippen LogP contribution in [-0.4, -0.2) is 18.9 Å². The van der Waals surface area contributed by atoms with Crippen LogP contribution in [0.15, 0.2) is 36.4 Å². The molecule has 136 valence electrons. The van der Waals surface area contributed by atoms with Gasteiger partial charge in [-0.1, -0.05) is 29.8 Å². The monoisotopic (exact) mass is 372 g/mol. The summed E-state index contributed by atoms with van der Waals surface area (Å²) >= 11 is 6.27. The second-order valence-corrected chi connectivity index (χ2v) is 7.04. The lowest BCUT2D eigenvalue weighted by Crippen LogP contribution is -2.36. The minimum absolute atomic E-state index is 0.333. The number of carbonyl (C=O) groups excluding carboxylic acids is 2. The van der Waals surface area contributed by atoms with Gasteiger partial charge in [-0.25, -0.2) is 0 Å². The highest BCUT2D eigenvalue weighted by atomic mass is 35.5. The van der Waals surface area contributed by atoms with Gasteiger partial charge in [0.1, 0.15) is 11.2 Å². The molecular formula is C20H21ClN2O3. The molecule has 2 amide bonds. The Kier molecular flexibility index (Phi) is 4.92. The van der Waals surface area contributed by atoms with Crippen molar-refractivity contribution < 1.29 is 14.3 Å². The number of benzene rings is 2. The van der Waals surface area contributed by atoms with Gasteiger partial charge < -0.3 is 15.4 Å². The molecule has 5 nitrogen and oxygen atoms in total. The third-order valence-corrected chi connectivity index (χ3v) is 4.94. The summed E-state index contributed by atoms with van der Waals surface area (Å²) in [6.07, 6.45) is 1.00. The molecule has 0 radical (unpaired) electrons. The normalized spacial score (nSPS) is 14.5. The number of anilines is 2. The van der Waals surface area contributed by atoms with Gasteiger partial charge in [0.05, 0.1) is 23.5 Å². The largest absolute Gasteiger partial charge is 0.495 e. The molecule has 0 aliphatic heterocycles. The second-order valence-electron chi connectivity index (χ2n) is 6.63. The molecule has 0 heterocycles. The Balaban J connectivity index is 1.78. The van der Waals surface area contributed by atoms with Gasteiger partial charge >= 0.3 is 0 Å². The number of hydrogen-bond donors (Lipinski definition) is 2. The zero-order valence-electron chi connectivity index (χ0n) is 15.0. The standard InChI is InChI=1S/C20H21ClN2O3/c1-12-10-13(2)17(14(21)11-12)23-19(25)20(8-9-20)18(24)22-15-6-4-5-7-16(15)26-3/h4-7,10-11H,8-9H2,1-3H3,(H,22,24)(H,23,25). The first-order chi connectivity index (χ1) is 12.4. The first kappa shape index (κ1) is 18.3. The van der Waals surface area contributed by atoms with Crippen molar-refractivity contribution in [3.63, 3.8) is 0 Å². The van der Waals surface area contributed by atoms with E-state index in [0.29, 0.717) is 35.0 Å². The van der Waals surface area contributed by atoms with Crippen LogP contribution in [0.1, 0.15) is 24.0 Å². The summed E-state index contributed by atoms with van der Waals surface area (Å²) < 4.78 is 5.25. The van der Waals surface area contributed by atoms with Crippen LogP contribution in [0.3, 0.4) is 0 Å². The van der Waals surface area contributed by atoms with Crippen molar-refractivity contribution in [3.8, 4) is 5.75 Å². The van der Waals surface area contributed by atoms with Gasteiger partial charge in [0.15, 0.2) is 0 Å². The molecule has 2 aromatic rings. The summed E-state index contributed by atoms with van der Waals surface area (Å²) in [5.74, 6) is -0.117. The molecule has 0 atom stereocenters. The quantitative estimate of drug-likeness (QED) is 0.768. The Labute approximate surface area is 157 Å². The average molecular weight is 373 g/mol. The van der Waals surface area contributed by atoms with Gasteiger partial charge in [0.25, 0.3) is 0 Å². The van der Waals surface area contributed by atoms with Crippen LogP contribution in [0.2, 0.25) is 5.02 Å². The number of methoxy groups -OCH3 is 1. The number of ether oxygens (including phenoxy) is 1. The molecule has 6 heteroatoms. The number of amides is 2. The van der Waals surface area contributed by atoms with Crippen LogP contribution >= 0.6 is 11.6 Å². The first-order valence-electron chi connectivity index (χ1n) is 8.40. The number of aryl methyl sites for hydroxylation is 2. The van der Waals surface area contributed by atoms with Gasteiger partial charge in [0.2, 0.25) is 11.8 Å². The van der Waals surface area contributed by atoms with E-state index < -0.39 is 5.41 Å². The third kappa shape index (κ3) is 3.40. The number of rotatable bonds is 5. The van der Waals surface area contributed by atoms with E-state index >= 15 is 0 Å². The molecule has 1 fully saturated rings. The van der Waals surface area contributed by atoms with E-state index in [9.17, 15) is 9.59 Å². The number of para-hydroxylation sites is 2.